The molecule has 0 radical (unpaired) electrons. The lowest BCUT2D eigenvalue weighted by atomic mass is 9.92. The standard InChI is InChI=1S/C56H39N9/c57-52-32-42(31-51(60-52)48-21-7-13-36-10-4-5-16-43(36)48)45-18-9-19-46-44(17-8-20-47(45)46)40-14-6-15-41(30-40)54-63-53(64-56(59)65-54)39-28-24-35(25-29-39)34-22-26-38(27-23-34)50-33-49(61-55(58)62-50)37-11-2-1-3-12-37/h1-33H,(H2,57,60)(H2,58,61,62)(H2,59,63,64,65). The molecule has 0 spiro atoms. The zero-order chi connectivity index (χ0) is 43.9. The molecule has 0 unspecified atom stereocenters. The number of nitrogen functional groups attached to an aromatic ring is 3. The van der Waals surface area contributed by atoms with Crippen molar-refractivity contribution in [3.05, 3.63) is 200 Å². The number of benzene rings is 8. The van der Waals surface area contributed by atoms with Crippen LogP contribution < -0.4 is 17.2 Å². The predicted molar refractivity (Wildman–Crippen MR) is 265 cm³/mol. The number of rotatable bonds is 8. The molecule has 0 aliphatic carbocycles. The molecule has 11 rings (SSSR count). The van der Waals surface area contributed by atoms with Gasteiger partial charge in [0.25, 0.3) is 0 Å². The van der Waals surface area contributed by atoms with E-state index in [0.29, 0.717) is 17.5 Å². The summed E-state index contributed by atoms with van der Waals surface area (Å²) in [6.07, 6.45) is 0. The highest BCUT2D eigenvalue weighted by atomic mass is 15.1. The molecule has 65 heavy (non-hydrogen) atoms. The minimum Gasteiger partial charge on any atom is -0.384 e. The third-order valence-electron chi connectivity index (χ3n) is 11.7. The van der Waals surface area contributed by atoms with E-state index in [-0.39, 0.29) is 11.9 Å². The molecule has 0 atom stereocenters. The van der Waals surface area contributed by atoms with Gasteiger partial charge in [-0.15, -0.1) is 0 Å². The van der Waals surface area contributed by atoms with Gasteiger partial charge < -0.3 is 17.2 Å². The minimum absolute atomic E-state index is 0.144. The molecule has 0 aliphatic rings. The molecule has 0 saturated carbocycles. The Bertz CT molecular complexity index is 3570. The minimum atomic E-state index is 0.144. The Labute approximate surface area is 375 Å². The molecule has 11 aromatic rings. The lowest BCUT2D eigenvalue weighted by Crippen LogP contribution is -2.02. The fraction of sp³-hybridized carbons (Fsp3) is 0. The average molecular weight is 838 g/mol. The van der Waals surface area contributed by atoms with Crippen LogP contribution in [-0.2, 0) is 0 Å². The van der Waals surface area contributed by atoms with Crippen LogP contribution in [0.15, 0.2) is 200 Å². The van der Waals surface area contributed by atoms with Gasteiger partial charge in [0.1, 0.15) is 5.82 Å². The van der Waals surface area contributed by atoms with Gasteiger partial charge in [0, 0.05) is 27.8 Å². The van der Waals surface area contributed by atoms with Crippen LogP contribution in [0.25, 0.3) is 111 Å². The number of fused-ring (bicyclic) bond motifs is 2. The fourth-order valence-corrected chi connectivity index (χ4v) is 8.60. The first-order chi connectivity index (χ1) is 31.9. The van der Waals surface area contributed by atoms with Gasteiger partial charge in [-0.25, -0.2) is 19.9 Å². The molecule has 0 aliphatic heterocycles. The summed E-state index contributed by atoms with van der Waals surface area (Å²) in [5.41, 5.74) is 32.2. The summed E-state index contributed by atoms with van der Waals surface area (Å²) >= 11 is 0. The van der Waals surface area contributed by atoms with E-state index in [0.717, 1.165) is 99.8 Å². The molecule has 3 aromatic heterocycles. The Morgan fingerprint density at radius 2 is 0.754 bits per heavy atom. The van der Waals surface area contributed by atoms with Gasteiger partial charge in [0.15, 0.2) is 11.6 Å². The van der Waals surface area contributed by atoms with Crippen LogP contribution in [0.5, 0.6) is 0 Å². The van der Waals surface area contributed by atoms with Crippen molar-refractivity contribution in [2.24, 2.45) is 0 Å². The number of aromatic nitrogens is 6. The maximum Gasteiger partial charge on any atom is 0.224 e. The Morgan fingerprint density at radius 1 is 0.262 bits per heavy atom. The van der Waals surface area contributed by atoms with E-state index in [4.69, 9.17) is 27.2 Å². The summed E-state index contributed by atoms with van der Waals surface area (Å²) in [4.78, 5) is 27.8. The zero-order valence-electron chi connectivity index (χ0n) is 35.0. The molecule has 3 heterocycles. The van der Waals surface area contributed by atoms with Crippen LogP contribution in [0.1, 0.15) is 0 Å². The second kappa shape index (κ2) is 16.3. The molecule has 6 N–H and O–H groups in total. The van der Waals surface area contributed by atoms with Crippen LogP contribution in [0, 0.1) is 0 Å². The second-order valence-corrected chi connectivity index (χ2v) is 15.8. The quantitative estimate of drug-likeness (QED) is 0.136. The molecule has 0 fully saturated rings. The summed E-state index contributed by atoms with van der Waals surface area (Å²) < 4.78 is 0. The van der Waals surface area contributed by atoms with Gasteiger partial charge in [-0.05, 0) is 79.2 Å². The maximum absolute atomic E-state index is 6.50. The molecular weight excluding hydrogens is 799 g/mol. The Kier molecular flexibility index (Phi) is 9.74. The third-order valence-corrected chi connectivity index (χ3v) is 11.7. The molecule has 0 amide bonds. The Morgan fingerprint density at radius 3 is 1.48 bits per heavy atom. The van der Waals surface area contributed by atoms with Crippen LogP contribution >= 0.6 is 0 Å². The van der Waals surface area contributed by atoms with Crippen molar-refractivity contribution in [1.29, 1.82) is 0 Å². The summed E-state index contributed by atoms with van der Waals surface area (Å²) in [5, 5.41) is 4.49. The smallest absolute Gasteiger partial charge is 0.224 e. The summed E-state index contributed by atoms with van der Waals surface area (Å²) in [6, 6.07) is 68.0. The topological polar surface area (TPSA) is 155 Å². The van der Waals surface area contributed by atoms with E-state index in [1.165, 1.54) is 0 Å². The highest BCUT2D eigenvalue weighted by Crippen LogP contribution is 2.39. The summed E-state index contributed by atoms with van der Waals surface area (Å²) in [7, 11) is 0. The van der Waals surface area contributed by atoms with Crippen molar-refractivity contribution in [3.63, 3.8) is 0 Å². The van der Waals surface area contributed by atoms with E-state index >= 15 is 0 Å². The molecule has 308 valence electrons. The third kappa shape index (κ3) is 7.64. The molecule has 8 aromatic carbocycles. The SMILES string of the molecule is Nc1cc(-c2cccc3c(-c4cccc(-c5nc(N)nc(-c6ccc(-c7ccc(-c8cc(-c9ccccc9)nc(N)n8)cc7)cc6)n5)c4)cccc23)cc(-c2cccc3ccccc23)n1. The van der Waals surface area contributed by atoms with E-state index in [9.17, 15) is 0 Å². The van der Waals surface area contributed by atoms with Crippen molar-refractivity contribution >= 4 is 39.3 Å². The highest BCUT2D eigenvalue weighted by Gasteiger charge is 2.15. The number of nitrogens with two attached hydrogens (primary N) is 3. The van der Waals surface area contributed by atoms with Crippen LogP contribution in [0.2, 0.25) is 0 Å². The molecule has 0 saturated heterocycles. The van der Waals surface area contributed by atoms with Gasteiger partial charge in [-0.1, -0.05) is 176 Å². The second-order valence-electron chi connectivity index (χ2n) is 15.8. The van der Waals surface area contributed by atoms with Gasteiger partial charge in [-0.2, -0.15) is 9.97 Å². The van der Waals surface area contributed by atoms with Crippen molar-refractivity contribution < 1.29 is 0 Å². The van der Waals surface area contributed by atoms with E-state index in [1.54, 1.807) is 0 Å². The number of anilines is 3. The lowest BCUT2D eigenvalue weighted by molar-refractivity contribution is 1.08. The molecule has 0 bridgehead atoms. The zero-order valence-corrected chi connectivity index (χ0v) is 35.0. The van der Waals surface area contributed by atoms with Gasteiger partial charge in [-0.3, -0.25) is 0 Å². The van der Waals surface area contributed by atoms with Crippen molar-refractivity contribution in [3.8, 4) is 89.9 Å². The van der Waals surface area contributed by atoms with Crippen LogP contribution in [0.3, 0.4) is 0 Å². The lowest BCUT2D eigenvalue weighted by Gasteiger charge is -2.14. The maximum atomic E-state index is 6.50. The van der Waals surface area contributed by atoms with E-state index < -0.39 is 0 Å². The van der Waals surface area contributed by atoms with Crippen molar-refractivity contribution in [2.45, 2.75) is 0 Å². The number of hydrogen-bond donors (Lipinski definition) is 3. The largest absolute Gasteiger partial charge is 0.384 e. The first-order valence-electron chi connectivity index (χ1n) is 21.2. The monoisotopic (exact) mass is 837 g/mol. The average Bonchev–Trinajstić information content (AvgIpc) is 3.35. The van der Waals surface area contributed by atoms with Crippen LogP contribution in [0.4, 0.5) is 17.7 Å². The highest BCUT2D eigenvalue weighted by molar-refractivity contribution is 6.05. The van der Waals surface area contributed by atoms with E-state index in [1.807, 2.05) is 84.9 Å². The first kappa shape index (κ1) is 38.8. The number of pyridine rings is 1. The molecular formula is C56H39N9. The normalized spacial score (nSPS) is 11.3. The summed E-state index contributed by atoms with van der Waals surface area (Å²) in [5.74, 6) is 1.82. The van der Waals surface area contributed by atoms with Gasteiger partial charge in [0.05, 0.1) is 17.1 Å². The molecule has 9 nitrogen and oxygen atoms in total. The fourth-order valence-electron chi connectivity index (χ4n) is 8.60. The van der Waals surface area contributed by atoms with E-state index in [2.05, 4.69) is 135 Å². The Hall–Kier alpha value is -9.08. The van der Waals surface area contributed by atoms with Gasteiger partial charge >= 0.3 is 0 Å². The van der Waals surface area contributed by atoms with Crippen molar-refractivity contribution in [2.75, 3.05) is 17.2 Å². The number of hydrogen-bond acceptors (Lipinski definition) is 9. The summed E-state index contributed by atoms with van der Waals surface area (Å²) in [6.45, 7) is 0. The number of nitrogens with zero attached hydrogens (tertiary/aromatic N) is 6. The predicted octanol–water partition coefficient (Wildman–Crippen LogP) is 12.4. The van der Waals surface area contributed by atoms with Crippen molar-refractivity contribution in [1.82, 2.24) is 29.9 Å². The van der Waals surface area contributed by atoms with Crippen LogP contribution in [-0.4, -0.2) is 29.9 Å². The first-order valence-corrected chi connectivity index (χ1v) is 21.2. The Balaban J connectivity index is 0.873. The molecule has 9 heteroatoms. The van der Waals surface area contributed by atoms with Gasteiger partial charge in [0.2, 0.25) is 11.9 Å².